The van der Waals surface area contributed by atoms with Gasteiger partial charge < -0.3 is 20.8 Å². The fourth-order valence-corrected chi connectivity index (χ4v) is 5.42. The lowest BCUT2D eigenvalue weighted by Gasteiger charge is -2.36. The van der Waals surface area contributed by atoms with Gasteiger partial charge in [0.1, 0.15) is 17.5 Å². The molecule has 1 saturated heterocycles. The maximum atomic E-state index is 13.1. The largest absolute Gasteiger partial charge is 0.488 e. The molecule has 4 heterocycles. The van der Waals surface area contributed by atoms with Gasteiger partial charge in [0, 0.05) is 47.8 Å². The summed E-state index contributed by atoms with van der Waals surface area (Å²) in [5.74, 6) is 1.03. The van der Waals surface area contributed by atoms with Crippen LogP contribution in [0.2, 0.25) is 0 Å². The van der Waals surface area contributed by atoms with Crippen molar-refractivity contribution in [2.45, 2.75) is 13.0 Å². The van der Waals surface area contributed by atoms with Gasteiger partial charge in [-0.15, -0.1) is 0 Å². The smallest absolute Gasteiger partial charge is 0.330 e. The zero-order valence-electron chi connectivity index (χ0n) is 22.8. The van der Waals surface area contributed by atoms with Gasteiger partial charge in [-0.05, 0) is 72.3 Å². The summed E-state index contributed by atoms with van der Waals surface area (Å²) >= 11 is 0. The summed E-state index contributed by atoms with van der Waals surface area (Å²) in [6, 6.07) is 23.5. The molecule has 1 aliphatic heterocycles. The third-order valence-electron chi connectivity index (χ3n) is 7.62. The minimum atomic E-state index is -0.241. The number of aromatic amines is 1. The molecule has 0 aliphatic carbocycles. The monoisotopic (exact) mass is 543 g/mol. The highest BCUT2D eigenvalue weighted by Gasteiger charge is 2.24. The number of H-pyrrole nitrogens is 1. The molecule has 7 rings (SSSR count). The fraction of sp³-hybridized carbons (Fsp3) is 0.156. The summed E-state index contributed by atoms with van der Waals surface area (Å²) < 4.78 is 7.60. The van der Waals surface area contributed by atoms with Crippen LogP contribution < -0.4 is 15.8 Å². The molecule has 1 amide bonds. The van der Waals surface area contributed by atoms with Crippen LogP contribution in [-0.2, 0) is 0 Å². The molecule has 6 aromatic rings. The number of ether oxygens (including phenoxy) is 1. The molecule has 9 nitrogen and oxygen atoms in total. The van der Waals surface area contributed by atoms with Crippen molar-refractivity contribution in [1.29, 1.82) is 0 Å². The standard InChI is InChI=1S/C32H29N7O2/c1-19-25(8-5-9-27(19)35-32(40)39-15-21-6-3-4-7-22(21)16-39)29-26-14-28(34-30(26)37-31(33)36-29)20-10-12-23(13-11-20)41-24-17-38(2)18-24/h3-16,24H,17-18H2,1-2H3,(H,35,40)(H3,33,34,36,37). The normalized spacial score (nSPS) is 13.9. The Hall–Kier alpha value is -5.15. The van der Waals surface area contributed by atoms with E-state index in [-0.39, 0.29) is 18.1 Å². The van der Waals surface area contributed by atoms with Crippen molar-refractivity contribution < 1.29 is 9.53 Å². The van der Waals surface area contributed by atoms with E-state index in [2.05, 4.69) is 32.2 Å². The highest BCUT2D eigenvalue weighted by molar-refractivity contribution is 5.99. The third kappa shape index (κ3) is 4.66. The van der Waals surface area contributed by atoms with Crippen molar-refractivity contribution in [1.82, 2.24) is 24.4 Å². The molecule has 0 saturated carbocycles. The molecule has 0 unspecified atom stereocenters. The molecule has 0 bridgehead atoms. The Morgan fingerprint density at radius 3 is 2.44 bits per heavy atom. The number of carbonyl (C=O) groups excluding carboxylic acids is 1. The van der Waals surface area contributed by atoms with E-state index in [1.807, 2.05) is 92.1 Å². The number of aromatic nitrogens is 4. The topological polar surface area (TPSA) is 114 Å². The zero-order chi connectivity index (χ0) is 28.1. The van der Waals surface area contributed by atoms with E-state index >= 15 is 0 Å². The first kappa shape index (κ1) is 24.9. The summed E-state index contributed by atoms with van der Waals surface area (Å²) in [6.45, 7) is 3.86. The Morgan fingerprint density at radius 1 is 1.00 bits per heavy atom. The number of likely N-dealkylation sites (N-methyl/N-ethyl adjacent to an activating group) is 1. The minimum absolute atomic E-state index is 0.169. The molecular formula is C32H29N7O2. The first-order valence-corrected chi connectivity index (χ1v) is 13.5. The lowest BCUT2D eigenvalue weighted by Crippen LogP contribution is -2.51. The lowest BCUT2D eigenvalue weighted by molar-refractivity contribution is 0.0388. The lowest BCUT2D eigenvalue weighted by atomic mass is 10.0. The molecule has 4 N–H and O–H groups in total. The number of rotatable bonds is 5. The first-order chi connectivity index (χ1) is 19.9. The maximum absolute atomic E-state index is 13.1. The van der Waals surface area contributed by atoms with Crippen LogP contribution >= 0.6 is 0 Å². The van der Waals surface area contributed by atoms with Gasteiger partial charge in [-0.1, -0.05) is 36.4 Å². The van der Waals surface area contributed by atoms with Gasteiger partial charge in [0.2, 0.25) is 5.95 Å². The van der Waals surface area contributed by atoms with Crippen molar-refractivity contribution in [3.05, 3.63) is 90.8 Å². The molecule has 9 heteroatoms. The second-order valence-electron chi connectivity index (χ2n) is 10.6. The minimum Gasteiger partial charge on any atom is -0.488 e. The molecule has 1 aliphatic rings. The van der Waals surface area contributed by atoms with E-state index in [9.17, 15) is 4.79 Å². The Morgan fingerprint density at radius 2 is 1.73 bits per heavy atom. The van der Waals surface area contributed by atoms with E-state index in [1.165, 1.54) is 0 Å². The number of nitrogens with zero attached hydrogens (tertiary/aromatic N) is 4. The van der Waals surface area contributed by atoms with E-state index in [0.29, 0.717) is 17.0 Å². The van der Waals surface area contributed by atoms with Crippen LogP contribution in [0.5, 0.6) is 5.75 Å². The molecular weight excluding hydrogens is 514 g/mol. The number of nitrogens with one attached hydrogen (secondary N) is 2. The maximum Gasteiger partial charge on any atom is 0.330 e. The number of hydrogen-bond donors (Lipinski definition) is 3. The van der Waals surface area contributed by atoms with Crippen molar-refractivity contribution in [3.63, 3.8) is 0 Å². The molecule has 0 atom stereocenters. The number of likely N-dealkylation sites (tertiary alicyclic amines) is 1. The van der Waals surface area contributed by atoms with Crippen molar-refractivity contribution in [2.24, 2.45) is 0 Å². The predicted molar refractivity (Wildman–Crippen MR) is 162 cm³/mol. The number of fused-ring (bicyclic) bond motifs is 2. The van der Waals surface area contributed by atoms with E-state index in [4.69, 9.17) is 10.5 Å². The average Bonchev–Trinajstić information content (AvgIpc) is 3.58. The summed E-state index contributed by atoms with van der Waals surface area (Å²) in [5.41, 5.74) is 11.8. The van der Waals surface area contributed by atoms with Crippen LogP contribution in [0.15, 0.2) is 85.2 Å². The molecule has 41 heavy (non-hydrogen) atoms. The highest BCUT2D eigenvalue weighted by Crippen LogP contribution is 2.35. The van der Waals surface area contributed by atoms with Gasteiger partial charge in [-0.3, -0.25) is 9.47 Å². The number of anilines is 2. The van der Waals surface area contributed by atoms with Crippen molar-refractivity contribution in [2.75, 3.05) is 31.2 Å². The van der Waals surface area contributed by atoms with Crippen LogP contribution in [0.25, 0.3) is 44.3 Å². The van der Waals surface area contributed by atoms with Crippen molar-refractivity contribution in [3.8, 4) is 28.3 Å². The van der Waals surface area contributed by atoms with Gasteiger partial charge in [-0.25, -0.2) is 9.78 Å². The molecule has 1 fully saturated rings. The summed E-state index contributed by atoms with van der Waals surface area (Å²) in [4.78, 5) is 27.8. The Labute approximate surface area is 236 Å². The third-order valence-corrected chi connectivity index (χ3v) is 7.62. The van der Waals surface area contributed by atoms with Crippen LogP contribution in [0, 0.1) is 6.92 Å². The molecule has 204 valence electrons. The van der Waals surface area contributed by atoms with Gasteiger partial charge in [-0.2, -0.15) is 4.98 Å². The number of nitrogens with two attached hydrogens (primary N) is 1. The summed E-state index contributed by atoms with van der Waals surface area (Å²) in [7, 11) is 2.09. The molecule has 3 aromatic heterocycles. The number of carbonyl (C=O) groups is 1. The van der Waals surface area contributed by atoms with Crippen LogP contribution in [0.3, 0.4) is 0 Å². The van der Waals surface area contributed by atoms with Gasteiger partial charge in [0.05, 0.1) is 5.69 Å². The van der Waals surface area contributed by atoms with E-state index < -0.39 is 0 Å². The van der Waals surface area contributed by atoms with Gasteiger partial charge in [0.15, 0.2) is 0 Å². The fourth-order valence-electron chi connectivity index (χ4n) is 5.42. The molecule has 0 spiro atoms. The highest BCUT2D eigenvalue weighted by atomic mass is 16.5. The Bertz CT molecular complexity index is 1880. The average molecular weight is 544 g/mol. The second kappa shape index (κ2) is 9.79. The summed E-state index contributed by atoms with van der Waals surface area (Å²) in [6.07, 6.45) is 3.89. The molecule has 0 radical (unpaired) electrons. The zero-order valence-corrected chi connectivity index (χ0v) is 22.8. The summed E-state index contributed by atoms with van der Waals surface area (Å²) in [5, 5.41) is 5.90. The van der Waals surface area contributed by atoms with Gasteiger partial charge in [0.25, 0.3) is 0 Å². The Kier molecular flexibility index (Phi) is 5.94. The number of nitrogen functional groups attached to an aromatic ring is 1. The Balaban J connectivity index is 1.19. The number of hydrogen-bond acceptors (Lipinski definition) is 6. The van der Waals surface area contributed by atoms with Gasteiger partial charge >= 0.3 is 6.03 Å². The van der Waals surface area contributed by atoms with Crippen LogP contribution in [0.4, 0.5) is 16.4 Å². The van der Waals surface area contributed by atoms with Crippen LogP contribution in [0.1, 0.15) is 5.56 Å². The quantitative estimate of drug-likeness (QED) is 0.249. The van der Waals surface area contributed by atoms with Crippen molar-refractivity contribution >= 4 is 39.5 Å². The predicted octanol–water partition coefficient (Wildman–Crippen LogP) is 5.91. The number of benzene rings is 3. The number of amides is 1. The van der Waals surface area contributed by atoms with E-state index in [1.54, 1.807) is 4.57 Å². The first-order valence-electron chi connectivity index (χ1n) is 13.5. The molecule has 3 aromatic carbocycles. The second-order valence-corrected chi connectivity index (χ2v) is 10.6. The SMILES string of the molecule is Cc1c(NC(=O)n2cc3ccccc3c2)cccc1-c1nc(N)nc2[nH]c(-c3ccc(OC4CN(C)C4)cc3)cc12. The van der Waals surface area contributed by atoms with Crippen LogP contribution in [-0.4, -0.2) is 56.7 Å². The van der Waals surface area contributed by atoms with E-state index in [0.717, 1.165) is 57.4 Å².